The molecule has 3 fully saturated rings. The molecule has 8 heteroatoms. The monoisotopic (exact) mass is 435 g/mol. The quantitative estimate of drug-likeness (QED) is 0.706. The van der Waals surface area contributed by atoms with Crippen molar-refractivity contribution < 1.29 is 4.79 Å². The molecule has 32 heavy (non-hydrogen) atoms. The number of carbonyl (C=O) groups excluding carboxylic acids is 1. The number of nitrogens with zero attached hydrogens (tertiary/aromatic N) is 7. The fourth-order valence-electron chi connectivity index (χ4n) is 4.86. The van der Waals surface area contributed by atoms with E-state index in [1.54, 1.807) is 0 Å². The van der Waals surface area contributed by atoms with Gasteiger partial charge in [0, 0.05) is 77.3 Å². The summed E-state index contributed by atoms with van der Waals surface area (Å²) in [5.74, 6) is 2.11. The molecule has 1 amide bonds. The van der Waals surface area contributed by atoms with Crippen molar-refractivity contribution in [2.45, 2.75) is 12.8 Å². The van der Waals surface area contributed by atoms with E-state index in [0.717, 1.165) is 77.2 Å². The van der Waals surface area contributed by atoms with Gasteiger partial charge in [0.25, 0.3) is 0 Å². The highest BCUT2D eigenvalue weighted by molar-refractivity contribution is 5.78. The summed E-state index contributed by atoms with van der Waals surface area (Å²) in [5, 5.41) is 0. The number of carbonyl (C=O) groups is 1. The van der Waals surface area contributed by atoms with Gasteiger partial charge in [-0.1, -0.05) is 18.2 Å². The third-order valence-electron chi connectivity index (χ3n) is 6.83. The number of aromatic nitrogens is 2. The van der Waals surface area contributed by atoms with Gasteiger partial charge in [-0.3, -0.25) is 9.69 Å². The topological polar surface area (TPSA) is 59.1 Å². The van der Waals surface area contributed by atoms with Crippen molar-refractivity contribution in [1.82, 2.24) is 19.8 Å². The number of rotatable bonds is 5. The summed E-state index contributed by atoms with van der Waals surface area (Å²) in [5.41, 5.74) is 1.24. The minimum absolute atomic E-state index is 0.249. The molecule has 0 unspecified atom stereocenters. The Hall–Kier alpha value is -2.87. The van der Waals surface area contributed by atoms with E-state index in [4.69, 9.17) is 4.98 Å². The lowest BCUT2D eigenvalue weighted by atomic mass is 10.2. The number of hydrogen-bond donors (Lipinski definition) is 0. The molecule has 0 bridgehead atoms. The highest BCUT2D eigenvalue weighted by Crippen LogP contribution is 2.20. The van der Waals surface area contributed by atoms with Gasteiger partial charge in [0.05, 0.1) is 6.54 Å². The Morgan fingerprint density at radius 3 is 2.16 bits per heavy atom. The highest BCUT2D eigenvalue weighted by atomic mass is 16.2. The van der Waals surface area contributed by atoms with Crippen LogP contribution in [0.15, 0.2) is 42.6 Å². The zero-order valence-corrected chi connectivity index (χ0v) is 18.8. The first kappa shape index (κ1) is 21.0. The Balaban J connectivity index is 1.08. The van der Waals surface area contributed by atoms with Gasteiger partial charge in [0.1, 0.15) is 5.82 Å². The van der Waals surface area contributed by atoms with E-state index in [1.165, 1.54) is 18.5 Å². The zero-order valence-electron chi connectivity index (χ0n) is 18.8. The van der Waals surface area contributed by atoms with Crippen molar-refractivity contribution in [3.05, 3.63) is 42.6 Å². The van der Waals surface area contributed by atoms with E-state index in [-0.39, 0.29) is 5.91 Å². The molecular weight excluding hydrogens is 402 g/mol. The molecule has 2 aromatic rings. The SMILES string of the molecule is O=C(CN1CCN(c2nccc(N3CCCC3)n2)CC1)N1CCN(c2ccccc2)CC1. The number of benzene rings is 1. The summed E-state index contributed by atoms with van der Waals surface area (Å²) < 4.78 is 0. The Bertz CT molecular complexity index is 886. The number of hydrogen-bond acceptors (Lipinski definition) is 7. The lowest BCUT2D eigenvalue weighted by Gasteiger charge is -2.38. The van der Waals surface area contributed by atoms with E-state index in [0.29, 0.717) is 6.54 Å². The number of piperazine rings is 2. The van der Waals surface area contributed by atoms with Gasteiger partial charge in [-0.2, -0.15) is 4.98 Å². The molecular formula is C24H33N7O. The van der Waals surface area contributed by atoms with E-state index >= 15 is 0 Å². The van der Waals surface area contributed by atoms with Crippen LogP contribution in [-0.2, 0) is 4.79 Å². The van der Waals surface area contributed by atoms with Crippen LogP contribution in [0.4, 0.5) is 17.5 Å². The molecule has 8 nitrogen and oxygen atoms in total. The molecule has 5 rings (SSSR count). The van der Waals surface area contributed by atoms with Crippen molar-refractivity contribution in [2.24, 2.45) is 0 Å². The van der Waals surface area contributed by atoms with Crippen LogP contribution in [0.2, 0.25) is 0 Å². The number of para-hydroxylation sites is 1. The van der Waals surface area contributed by atoms with Gasteiger partial charge in [-0.25, -0.2) is 4.98 Å². The third kappa shape index (κ3) is 4.80. The fourth-order valence-corrected chi connectivity index (χ4v) is 4.86. The molecule has 1 aromatic heterocycles. The van der Waals surface area contributed by atoms with Gasteiger partial charge in [0.15, 0.2) is 0 Å². The van der Waals surface area contributed by atoms with Crippen LogP contribution in [0.5, 0.6) is 0 Å². The van der Waals surface area contributed by atoms with E-state index in [2.05, 4.69) is 48.8 Å². The summed E-state index contributed by atoms with van der Waals surface area (Å²) in [4.78, 5) is 33.4. The zero-order chi connectivity index (χ0) is 21.8. The summed E-state index contributed by atoms with van der Waals surface area (Å²) in [6.07, 6.45) is 4.36. The predicted molar refractivity (Wildman–Crippen MR) is 127 cm³/mol. The van der Waals surface area contributed by atoms with E-state index < -0.39 is 0 Å². The first-order valence-corrected chi connectivity index (χ1v) is 11.9. The largest absolute Gasteiger partial charge is 0.368 e. The molecule has 4 heterocycles. The van der Waals surface area contributed by atoms with Crippen LogP contribution >= 0.6 is 0 Å². The maximum Gasteiger partial charge on any atom is 0.236 e. The molecule has 0 atom stereocenters. The minimum Gasteiger partial charge on any atom is -0.368 e. The molecule has 0 spiro atoms. The Morgan fingerprint density at radius 1 is 0.750 bits per heavy atom. The molecule has 0 aliphatic carbocycles. The maximum atomic E-state index is 12.9. The Morgan fingerprint density at radius 2 is 1.44 bits per heavy atom. The van der Waals surface area contributed by atoms with Gasteiger partial charge >= 0.3 is 0 Å². The molecule has 3 saturated heterocycles. The lowest BCUT2D eigenvalue weighted by molar-refractivity contribution is -0.132. The lowest BCUT2D eigenvalue weighted by Crippen LogP contribution is -2.54. The Kier molecular flexibility index (Phi) is 6.39. The average Bonchev–Trinajstić information content (AvgIpc) is 3.40. The van der Waals surface area contributed by atoms with Crippen molar-refractivity contribution in [3.63, 3.8) is 0 Å². The number of amides is 1. The van der Waals surface area contributed by atoms with Crippen LogP contribution < -0.4 is 14.7 Å². The van der Waals surface area contributed by atoms with Crippen LogP contribution in [-0.4, -0.2) is 97.7 Å². The third-order valence-corrected chi connectivity index (χ3v) is 6.83. The normalized spacial score (nSPS) is 20.1. The van der Waals surface area contributed by atoms with Gasteiger partial charge < -0.3 is 19.6 Å². The standard InChI is InChI=1S/C24H33N7O/c32-23(30-18-16-28(17-19-30)21-6-2-1-3-7-21)20-27-12-14-31(15-13-27)24-25-9-8-22(26-24)29-10-4-5-11-29/h1-3,6-9H,4-5,10-20H2. The first-order valence-electron chi connectivity index (χ1n) is 11.9. The first-order chi connectivity index (χ1) is 15.8. The molecule has 0 saturated carbocycles. The smallest absolute Gasteiger partial charge is 0.236 e. The van der Waals surface area contributed by atoms with Crippen LogP contribution in [0.3, 0.4) is 0 Å². The van der Waals surface area contributed by atoms with Gasteiger partial charge in [-0.05, 0) is 31.0 Å². The second-order valence-electron chi connectivity index (χ2n) is 8.88. The van der Waals surface area contributed by atoms with E-state index in [1.807, 2.05) is 23.2 Å². The second-order valence-corrected chi connectivity index (χ2v) is 8.88. The van der Waals surface area contributed by atoms with Gasteiger partial charge in [0.2, 0.25) is 11.9 Å². The molecule has 1 aromatic carbocycles. The molecule has 3 aliphatic heterocycles. The minimum atomic E-state index is 0.249. The van der Waals surface area contributed by atoms with Crippen LogP contribution in [0.1, 0.15) is 12.8 Å². The molecule has 3 aliphatic rings. The van der Waals surface area contributed by atoms with Crippen molar-refractivity contribution in [2.75, 3.05) is 86.7 Å². The van der Waals surface area contributed by atoms with Gasteiger partial charge in [-0.15, -0.1) is 0 Å². The highest BCUT2D eigenvalue weighted by Gasteiger charge is 2.26. The van der Waals surface area contributed by atoms with Crippen molar-refractivity contribution in [3.8, 4) is 0 Å². The summed E-state index contributed by atoms with van der Waals surface area (Å²) in [6.45, 7) is 9.53. The predicted octanol–water partition coefficient (Wildman–Crippen LogP) is 1.55. The number of anilines is 3. The second kappa shape index (κ2) is 9.73. The van der Waals surface area contributed by atoms with Crippen LogP contribution in [0.25, 0.3) is 0 Å². The maximum absolute atomic E-state index is 12.9. The summed E-state index contributed by atoms with van der Waals surface area (Å²) in [7, 11) is 0. The average molecular weight is 436 g/mol. The summed E-state index contributed by atoms with van der Waals surface area (Å²) in [6, 6.07) is 12.5. The van der Waals surface area contributed by atoms with E-state index in [9.17, 15) is 4.79 Å². The Labute approximate surface area is 190 Å². The molecule has 0 radical (unpaired) electrons. The molecule has 0 N–H and O–H groups in total. The van der Waals surface area contributed by atoms with Crippen molar-refractivity contribution in [1.29, 1.82) is 0 Å². The fraction of sp³-hybridized carbons (Fsp3) is 0.542. The van der Waals surface area contributed by atoms with Crippen LogP contribution in [0, 0.1) is 0 Å². The summed E-state index contributed by atoms with van der Waals surface area (Å²) >= 11 is 0. The molecule has 170 valence electrons. The van der Waals surface area contributed by atoms with Crippen molar-refractivity contribution >= 4 is 23.4 Å².